The summed E-state index contributed by atoms with van der Waals surface area (Å²) in [5.41, 5.74) is 0.0131. The topological polar surface area (TPSA) is 41.1 Å². The summed E-state index contributed by atoms with van der Waals surface area (Å²) in [6.07, 6.45) is -1.87. The van der Waals surface area contributed by atoms with Gasteiger partial charge in [-0.25, -0.2) is 0 Å². The maximum Gasteiger partial charge on any atom is 0.416 e. The molecule has 0 spiro atoms. The quantitative estimate of drug-likeness (QED) is 0.877. The van der Waals surface area contributed by atoms with Gasteiger partial charge in [-0.3, -0.25) is 4.79 Å². The van der Waals surface area contributed by atoms with E-state index in [2.05, 4.69) is 10.6 Å². The second kappa shape index (κ2) is 7.13. The lowest BCUT2D eigenvalue weighted by molar-refractivity contribution is -0.137. The molecule has 2 N–H and O–H groups in total. The number of rotatable bonds is 5. The van der Waals surface area contributed by atoms with Crippen LogP contribution in [0.3, 0.4) is 0 Å². The fourth-order valence-electron chi connectivity index (χ4n) is 2.63. The van der Waals surface area contributed by atoms with Gasteiger partial charge in [0.2, 0.25) is 5.91 Å². The molecule has 1 heterocycles. The Hall–Kier alpha value is -1.56. The first-order chi connectivity index (χ1) is 10.4. The Kier molecular flexibility index (Phi) is 5.45. The summed E-state index contributed by atoms with van der Waals surface area (Å²) in [5.74, 6) is -0.0621. The number of benzene rings is 1. The van der Waals surface area contributed by atoms with E-state index in [1.54, 1.807) is 6.07 Å². The molecule has 0 aromatic heterocycles. The highest BCUT2D eigenvalue weighted by atomic mass is 19.4. The van der Waals surface area contributed by atoms with Crippen LogP contribution in [0.5, 0.6) is 0 Å². The minimum absolute atomic E-state index is 0.0197. The summed E-state index contributed by atoms with van der Waals surface area (Å²) >= 11 is 0. The molecular weight excluding hydrogens is 293 g/mol. The van der Waals surface area contributed by atoms with Gasteiger partial charge in [-0.05, 0) is 43.4 Å². The molecule has 1 aliphatic rings. The maximum atomic E-state index is 12.7. The molecule has 2 rings (SSSR count). The largest absolute Gasteiger partial charge is 0.416 e. The second-order valence-electron chi connectivity index (χ2n) is 5.75. The molecule has 2 unspecified atom stereocenters. The van der Waals surface area contributed by atoms with Gasteiger partial charge in [0.05, 0.1) is 11.6 Å². The molecule has 1 aromatic rings. The van der Waals surface area contributed by atoms with Gasteiger partial charge in [-0.1, -0.05) is 25.1 Å². The molecule has 0 bridgehead atoms. The Morgan fingerprint density at radius 3 is 2.86 bits per heavy atom. The molecule has 122 valence electrons. The third-order valence-corrected chi connectivity index (χ3v) is 4.04. The summed E-state index contributed by atoms with van der Waals surface area (Å²) in [7, 11) is 0. The third kappa shape index (κ3) is 4.47. The van der Waals surface area contributed by atoms with Crippen molar-refractivity contribution in [3.05, 3.63) is 35.4 Å². The van der Waals surface area contributed by atoms with Crippen LogP contribution in [0, 0.1) is 0 Å². The molecule has 1 saturated heterocycles. The van der Waals surface area contributed by atoms with Gasteiger partial charge < -0.3 is 10.6 Å². The van der Waals surface area contributed by atoms with Gasteiger partial charge in [0, 0.05) is 6.54 Å². The molecule has 0 aliphatic carbocycles. The van der Waals surface area contributed by atoms with Crippen LogP contribution in [0.25, 0.3) is 0 Å². The molecule has 0 radical (unpaired) electrons. The van der Waals surface area contributed by atoms with Crippen LogP contribution in [-0.2, 0) is 11.0 Å². The first-order valence-electron chi connectivity index (χ1n) is 7.56. The number of hydrogen-bond donors (Lipinski definition) is 2. The van der Waals surface area contributed by atoms with Crippen LogP contribution < -0.4 is 10.6 Å². The lowest BCUT2D eigenvalue weighted by Gasteiger charge is -2.16. The smallest absolute Gasteiger partial charge is 0.355 e. The lowest BCUT2D eigenvalue weighted by Crippen LogP contribution is -2.40. The van der Waals surface area contributed by atoms with Crippen LogP contribution in [0.2, 0.25) is 0 Å². The zero-order chi connectivity index (χ0) is 16.2. The van der Waals surface area contributed by atoms with Crippen LogP contribution in [0.15, 0.2) is 24.3 Å². The third-order valence-electron chi connectivity index (χ3n) is 4.04. The highest BCUT2D eigenvalue weighted by Gasteiger charge is 2.30. The first-order valence-corrected chi connectivity index (χ1v) is 7.56. The van der Waals surface area contributed by atoms with E-state index in [-0.39, 0.29) is 17.9 Å². The Balaban J connectivity index is 1.84. The number of amides is 1. The molecule has 6 heteroatoms. The number of nitrogens with one attached hydrogen (secondary N) is 2. The van der Waals surface area contributed by atoms with Gasteiger partial charge in [-0.15, -0.1) is 0 Å². The summed E-state index contributed by atoms with van der Waals surface area (Å²) in [6, 6.07) is 5.26. The molecule has 2 atom stereocenters. The van der Waals surface area contributed by atoms with Crippen molar-refractivity contribution in [3.8, 4) is 0 Å². The molecule has 1 amide bonds. The first kappa shape index (κ1) is 16.8. The van der Waals surface area contributed by atoms with Crippen LogP contribution in [-0.4, -0.2) is 25.0 Å². The predicted octanol–water partition coefficient (Wildman–Crippen LogP) is 3.07. The van der Waals surface area contributed by atoms with Gasteiger partial charge in [0.25, 0.3) is 0 Å². The standard InChI is InChI=1S/C16H21F3N2O/c1-11(7-9-21-15(22)14-6-3-8-20-14)12-4-2-5-13(10-12)16(17,18)19/h2,4-5,10-11,14,20H,3,6-9H2,1H3,(H,21,22). The van der Waals surface area contributed by atoms with E-state index < -0.39 is 11.7 Å². The fraction of sp³-hybridized carbons (Fsp3) is 0.562. The normalized spacial score (nSPS) is 19.9. The number of hydrogen-bond acceptors (Lipinski definition) is 2. The number of halogens is 3. The predicted molar refractivity (Wildman–Crippen MR) is 78.5 cm³/mol. The zero-order valence-corrected chi connectivity index (χ0v) is 12.5. The van der Waals surface area contributed by atoms with Crippen molar-refractivity contribution in [2.75, 3.05) is 13.1 Å². The summed E-state index contributed by atoms with van der Waals surface area (Å²) in [5, 5.41) is 5.96. The van der Waals surface area contributed by atoms with Crippen LogP contribution >= 0.6 is 0 Å². The van der Waals surface area contributed by atoms with Crippen molar-refractivity contribution < 1.29 is 18.0 Å². The Morgan fingerprint density at radius 2 is 2.23 bits per heavy atom. The van der Waals surface area contributed by atoms with Crippen LogP contribution in [0.1, 0.15) is 43.2 Å². The molecule has 0 saturated carbocycles. The molecule has 1 fully saturated rings. The fourth-order valence-corrected chi connectivity index (χ4v) is 2.63. The Morgan fingerprint density at radius 1 is 1.45 bits per heavy atom. The zero-order valence-electron chi connectivity index (χ0n) is 12.5. The van der Waals surface area contributed by atoms with E-state index in [9.17, 15) is 18.0 Å². The molecule has 22 heavy (non-hydrogen) atoms. The molecular formula is C16H21F3N2O. The van der Waals surface area contributed by atoms with Crippen molar-refractivity contribution in [2.24, 2.45) is 0 Å². The van der Waals surface area contributed by atoms with Crippen molar-refractivity contribution in [2.45, 2.75) is 44.3 Å². The van der Waals surface area contributed by atoms with Crippen molar-refractivity contribution in [1.29, 1.82) is 0 Å². The molecule has 1 aromatic carbocycles. The van der Waals surface area contributed by atoms with Gasteiger partial charge in [0.15, 0.2) is 0 Å². The van der Waals surface area contributed by atoms with E-state index in [1.165, 1.54) is 12.1 Å². The molecule has 1 aliphatic heterocycles. The van der Waals surface area contributed by atoms with Gasteiger partial charge >= 0.3 is 6.18 Å². The van der Waals surface area contributed by atoms with Gasteiger partial charge in [0.1, 0.15) is 0 Å². The van der Waals surface area contributed by atoms with Crippen molar-refractivity contribution >= 4 is 5.91 Å². The van der Waals surface area contributed by atoms with E-state index >= 15 is 0 Å². The summed E-state index contributed by atoms with van der Waals surface area (Å²) in [4.78, 5) is 11.8. The van der Waals surface area contributed by atoms with E-state index in [0.717, 1.165) is 25.5 Å². The van der Waals surface area contributed by atoms with Gasteiger partial charge in [-0.2, -0.15) is 13.2 Å². The van der Waals surface area contributed by atoms with Crippen molar-refractivity contribution in [3.63, 3.8) is 0 Å². The average molecular weight is 314 g/mol. The second-order valence-corrected chi connectivity index (χ2v) is 5.75. The number of alkyl halides is 3. The Bertz CT molecular complexity index is 510. The maximum absolute atomic E-state index is 12.7. The van der Waals surface area contributed by atoms with E-state index in [4.69, 9.17) is 0 Å². The van der Waals surface area contributed by atoms with E-state index in [1.807, 2.05) is 6.92 Å². The summed E-state index contributed by atoms with van der Waals surface area (Å²) < 4.78 is 38.1. The average Bonchev–Trinajstić information content (AvgIpc) is 3.00. The minimum atomic E-state index is -4.32. The Labute approximate surface area is 128 Å². The van der Waals surface area contributed by atoms with Crippen molar-refractivity contribution in [1.82, 2.24) is 10.6 Å². The van der Waals surface area contributed by atoms with E-state index in [0.29, 0.717) is 18.5 Å². The highest BCUT2D eigenvalue weighted by molar-refractivity contribution is 5.81. The molecule has 3 nitrogen and oxygen atoms in total. The van der Waals surface area contributed by atoms with Crippen LogP contribution in [0.4, 0.5) is 13.2 Å². The SMILES string of the molecule is CC(CCNC(=O)C1CCCN1)c1cccc(C(F)(F)F)c1. The minimum Gasteiger partial charge on any atom is -0.355 e. The highest BCUT2D eigenvalue weighted by Crippen LogP contribution is 2.31. The number of carbonyl (C=O) groups is 1. The monoisotopic (exact) mass is 314 g/mol. The number of carbonyl (C=O) groups excluding carboxylic acids is 1. The summed E-state index contributed by atoms with van der Waals surface area (Å²) in [6.45, 7) is 3.20. The lowest BCUT2D eigenvalue weighted by atomic mass is 9.96.